The minimum Gasteiger partial charge on any atom is -0.343 e. The molecule has 2 fully saturated rings. The van der Waals surface area contributed by atoms with Crippen molar-refractivity contribution in [3.63, 3.8) is 0 Å². The van der Waals surface area contributed by atoms with Gasteiger partial charge in [-0.05, 0) is 49.4 Å². The Morgan fingerprint density at radius 1 is 1.14 bits per heavy atom. The van der Waals surface area contributed by atoms with Crippen LogP contribution in [0.25, 0.3) is 0 Å². The number of hydrogen-bond donors (Lipinski definition) is 1. The molecule has 0 unspecified atom stereocenters. The summed E-state index contributed by atoms with van der Waals surface area (Å²) in [4.78, 5) is 26.2. The molecule has 2 atom stereocenters. The van der Waals surface area contributed by atoms with Gasteiger partial charge >= 0.3 is 0 Å². The molecule has 1 aliphatic heterocycles. The summed E-state index contributed by atoms with van der Waals surface area (Å²) in [6.07, 6.45) is 5.85. The molecule has 2 aliphatic rings. The van der Waals surface area contributed by atoms with Crippen molar-refractivity contribution >= 4 is 11.8 Å². The maximum atomic E-state index is 12.8. The Balaban J connectivity index is 1.54. The lowest BCUT2D eigenvalue weighted by molar-refractivity contribution is -0.131. The molecule has 4 nitrogen and oxygen atoms in total. The topological polar surface area (TPSA) is 49.4 Å². The van der Waals surface area contributed by atoms with Gasteiger partial charge in [-0.3, -0.25) is 9.59 Å². The first kappa shape index (κ1) is 15.0. The standard InChI is InChI=1S/C17H21FN2O2/c18-14-7-5-13(6-8-14)17(22)19-11-16(21)20-10-9-12-3-1-2-4-15(12)20/h5-8,12,15H,1-4,9-11H2,(H,19,22)/t12-,15-/m0/s1. The zero-order valence-electron chi connectivity index (χ0n) is 12.6. The molecule has 0 bridgehead atoms. The van der Waals surface area contributed by atoms with Crippen LogP contribution in [0.1, 0.15) is 42.5 Å². The second-order valence-corrected chi connectivity index (χ2v) is 6.18. The Kier molecular flexibility index (Phi) is 4.41. The molecule has 1 saturated heterocycles. The largest absolute Gasteiger partial charge is 0.343 e. The first-order valence-electron chi connectivity index (χ1n) is 7.98. The molecule has 3 rings (SSSR count). The van der Waals surface area contributed by atoms with Gasteiger partial charge in [-0.15, -0.1) is 0 Å². The van der Waals surface area contributed by atoms with Crippen LogP contribution in [-0.2, 0) is 4.79 Å². The van der Waals surface area contributed by atoms with Crippen LogP contribution in [0.4, 0.5) is 4.39 Å². The molecule has 1 heterocycles. The van der Waals surface area contributed by atoms with Gasteiger partial charge in [-0.2, -0.15) is 0 Å². The van der Waals surface area contributed by atoms with Crippen molar-refractivity contribution in [1.29, 1.82) is 0 Å². The number of carbonyl (C=O) groups is 2. The molecule has 1 aliphatic carbocycles. The van der Waals surface area contributed by atoms with Gasteiger partial charge < -0.3 is 10.2 Å². The number of nitrogens with zero attached hydrogens (tertiary/aromatic N) is 1. The van der Waals surface area contributed by atoms with Gasteiger partial charge in [-0.1, -0.05) is 12.8 Å². The molecule has 0 aromatic heterocycles. The second kappa shape index (κ2) is 6.46. The summed E-state index contributed by atoms with van der Waals surface area (Å²) in [6.45, 7) is 0.819. The highest BCUT2D eigenvalue weighted by atomic mass is 19.1. The monoisotopic (exact) mass is 304 g/mol. The molecular weight excluding hydrogens is 283 g/mol. The minimum atomic E-state index is -0.381. The van der Waals surface area contributed by atoms with E-state index in [-0.39, 0.29) is 24.2 Å². The minimum absolute atomic E-state index is 0.00939. The van der Waals surface area contributed by atoms with Gasteiger partial charge in [0, 0.05) is 18.2 Å². The number of nitrogens with one attached hydrogen (secondary N) is 1. The van der Waals surface area contributed by atoms with Gasteiger partial charge in [0.2, 0.25) is 5.91 Å². The SMILES string of the molecule is O=C(NCC(=O)N1CC[C@@H]2CCCC[C@@H]21)c1ccc(F)cc1. The molecule has 5 heteroatoms. The van der Waals surface area contributed by atoms with Crippen molar-refractivity contribution in [2.45, 2.75) is 38.1 Å². The average Bonchev–Trinajstić information content (AvgIpc) is 2.97. The summed E-state index contributed by atoms with van der Waals surface area (Å²) in [5.41, 5.74) is 0.367. The lowest BCUT2D eigenvalue weighted by Gasteiger charge is -2.31. The van der Waals surface area contributed by atoms with Gasteiger partial charge in [-0.25, -0.2) is 4.39 Å². The van der Waals surface area contributed by atoms with E-state index in [0.29, 0.717) is 17.5 Å². The number of rotatable bonds is 3. The summed E-state index contributed by atoms with van der Waals surface area (Å²) in [5.74, 6) is -0.0869. The van der Waals surface area contributed by atoms with Gasteiger partial charge in [0.05, 0.1) is 6.54 Å². The van der Waals surface area contributed by atoms with Crippen LogP contribution >= 0.6 is 0 Å². The molecule has 0 spiro atoms. The number of hydrogen-bond acceptors (Lipinski definition) is 2. The molecular formula is C17H21FN2O2. The average molecular weight is 304 g/mol. The number of benzene rings is 1. The van der Waals surface area contributed by atoms with Gasteiger partial charge in [0.1, 0.15) is 5.82 Å². The predicted molar refractivity (Wildman–Crippen MR) is 80.8 cm³/mol. The van der Waals surface area contributed by atoms with E-state index in [1.807, 2.05) is 4.90 Å². The third kappa shape index (κ3) is 3.13. The predicted octanol–water partition coefficient (Wildman–Crippen LogP) is 2.35. The van der Waals surface area contributed by atoms with Crippen molar-refractivity contribution in [1.82, 2.24) is 10.2 Å². The van der Waals surface area contributed by atoms with Crippen LogP contribution in [-0.4, -0.2) is 35.8 Å². The molecule has 118 valence electrons. The van der Waals surface area contributed by atoms with Crippen molar-refractivity contribution in [3.05, 3.63) is 35.6 Å². The zero-order valence-corrected chi connectivity index (χ0v) is 12.6. The Morgan fingerprint density at radius 3 is 2.64 bits per heavy atom. The van der Waals surface area contributed by atoms with Crippen LogP contribution in [0.3, 0.4) is 0 Å². The lowest BCUT2D eigenvalue weighted by Crippen LogP contribution is -2.44. The van der Waals surface area contributed by atoms with E-state index in [9.17, 15) is 14.0 Å². The highest BCUT2D eigenvalue weighted by Crippen LogP contribution is 2.35. The number of carbonyl (C=O) groups excluding carboxylic acids is 2. The molecule has 1 aromatic carbocycles. The molecule has 0 radical (unpaired) electrons. The fraction of sp³-hybridized carbons (Fsp3) is 0.529. The van der Waals surface area contributed by atoms with Crippen LogP contribution in [0.2, 0.25) is 0 Å². The Bertz CT molecular complexity index is 558. The summed E-state index contributed by atoms with van der Waals surface area (Å²) in [7, 11) is 0. The first-order chi connectivity index (χ1) is 10.6. The summed E-state index contributed by atoms with van der Waals surface area (Å²) >= 11 is 0. The molecule has 1 saturated carbocycles. The highest BCUT2D eigenvalue weighted by molar-refractivity contribution is 5.96. The fourth-order valence-electron chi connectivity index (χ4n) is 3.68. The third-order valence-corrected chi connectivity index (χ3v) is 4.84. The number of fused-ring (bicyclic) bond motifs is 1. The van der Waals surface area contributed by atoms with Crippen LogP contribution in [0, 0.1) is 11.7 Å². The van der Waals surface area contributed by atoms with E-state index in [0.717, 1.165) is 19.4 Å². The number of halogens is 1. The highest BCUT2D eigenvalue weighted by Gasteiger charge is 2.37. The van der Waals surface area contributed by atoms with E-state index >= 15 is 0 Å². The van der Waals surface area contributed by atoms with E-state index < -0.39 is 0 Å². The van der Waals surface area contributed by atoms with Crippen molar-refractivity contribution in [2.75, 3.05) is 13.1 Å². The van der Waals surface area contributed by atoms with Crippen LogP contribution in [0.15, 0.2) is 24.3 Å². The van der Waals surface area contributed by atoms with Crippen LogP contribution in [0.5, 0.6) is 0 Å². The van der Waals surface area contributed by atoms with Crippen molar-refractivity contribution in [3.8, 4) is 0 Å². The Hall–Kier alpha value is -1.91. The maximum absolute atomic E-state index is 12.8. The zero-order chi connectivity index (χ0) is 15.5. The maximum Gasteiger partial charge on any atom is 0.251 e. The van der Waals surface area contributed by atoms with E-state index in [4.69, 9.17) is 0 Å². The molecule has 1 aromatic rings. The Labute approximate surface area is 129 Å². The summed E-state index contributed by atoms with van der Waals surface area (Å²) in [5, 5.41) is 2.64. The van der Waals surface area contributed by atoms with E-state index in [1.54, 1.807) is 0 Å². The molecule has 2 amide bonds. The normalized spacial score (nSPS) is 24.0. The smallest absolute Gasteiger partial charge is 0.251 e. The van der Waals surface area contributed by atoms with Crippen LogP contribution < -0.4 is 5.32 Å². The first-order valence-corrected chi connectivity index (χ1v) is 7.98. The number of amides is 2. The lowest BCUT2D eigenvalue weighted by atomic mass is 9.85. The Morgan fingerprint density at radius 2 is 1.86 bits per heavy atom. The fourth-order valence-corrected chi connectivity index (χ4v) is 3.68. The van der Waals surface area contributed by atoms with E-state index in [2.05, 4.69) is 5.32 Å². The third-order valence-electron chi connectivity index (χ3n) is 4.84. The van der Waals surface area contributed by atoms with Crippen molar-refractivity contribution < 1.29 is 14.0 Å². The van der Waals surface area contributed by atoms with Gasteiger partial charge in [0.15, 0.2) is 0 Å². The van der Waals surface area contributed by atoms with Gasteiger partial charge in [0.25, 0.3) is 5.91 Å². The summed E-state index contributed by atoms with van der Waals surface area (Å²) in [6, 6.07) is 5.68. The van der Waals surface area contributed by atoms with Crippen molar-refractivity contribution in [2.24, 2.45) is 5.92 Å². The second-order valence-electron chi connectivity index (χ2n) is 6.18. The number of likely N-dealkylation sites (tertiary alicyclic amines) is 1. The molecule has 22 heavy (non-hydrogen) atoms. The molecule has 1 N–H and O–H groups in total. The quantitative estimate of drug-likeness (QED) is 0.932. The van der Waals surface area contributed by atoms with E-state index in [1.165, 1.54) is 43.5 Å². The summed E-state index contributed by atoms with van der Waals surface area (Å²) < 4.78 is 12.8.